The fourth-order valence-corrected chi connectivity index (χ4v) is 5.42. The lowest BCUT2D eigenvalue weighted by Crippen LogP contribution is -2.34. The van der Waals surface area contributed by atoms with Gasteiger partial charge >= 0.3 is 5.97 Å². The van der Waals surface area contributed by atoms with Crippen LogP contribution in [-0.2, 0) is 32.8 Å². The van der Waals surface area contributed by atoms with Crippen LogP contribution < -0.4 is 4.90 Å². The highest BCUT2D eigenvalue weighted by atomic mass is 32.1. The molecule has 5 nitrogen and oxygen atoms in total. The molecule has 3 aromatic rings. The maximum Gasteiger partial charge on any atom is 0.316 e. The number of carbonyl (C=O) groups excluding carboxylic acids is 2. The third-order valence-corrected chi connectivity index (χ3v) is 7.11. The van der Waals surface area contributed by atoms with Crippen molar-refractivity contribution in [3.8, 4) is 0 Å². The first-order valence-electron chi connectivity index (χ1n) is 11.2. The number of ether oxygens (including phenoxy) is 1. The zero-order valence-electron chi connectivity index (χ0n) is 18.8. The first-order valence-corrected chi connectivity index (χ1v) is 12.1. The Morgan fingerprint density at radius 3 is 2.61 bits per heavy atom. The highest BCUT2D eigenvalue weighted by Gasteiger charge is 2.44. The number of aryl methyl sites for hydroxylation is 1. The van der Waals surface area contributed by atoms with E-state index < -0.39 is 5.41 Å². The molecule has 1 aromatic heterocycles. The molecule has 1 saturated carbocycles. The van der Waals surface area contributed by atoms with Gasteiger partial charge < -0.3 is 4.74 Å². The van der Waals surface area contributed by atoms with Crippen molar-refractivity contribution >= 4 is 34.0 Å². The Morgan fingerprint density at radius 1 is 1.15 bits per heavy atom. The fourth-order valence-electron chi connectivity index (χ4n) is 4.55. The van der Waals surface area contributed by atoms with Gasteiger partial charge in [-0.05, 0) is 48.6 Å². The monoisotopic (exact) mass is 466 g/mol. The second kappa shape index (κ2) is 9.83. The Hall–Kier alpha value is -3.06. The van der Waals surface area contributed by atoms with Crippen molar-refractivity contribution in [1.29, 1.82) is 0 Å². The maximum absolute atomic E-state index is 13.8. The van der Waals surface area contributed by atoms with Crippen molar-refractivity contribution in [2.24, 2.45) is 0 Å². The highest BCUT2D eigenvalue weighted by molar-refractivity contribution is 7.14. The van der Waals surface area contributed by atoms with Gasteiger partial charge in [-0.1, -0.05) is 50.1 Å². The zero-order chi connectivity index (χ0) is 23.4. The van der Waals surface area contributed by atoms with Crippen molar-refractivity contribution in [2.75, 3.05) is 4.90 Å². The molecule has 1 amide bonds. The summed E-state index contributed by atoms with van der Waals surface area (Å²) in [6.07, 6.45) is 3.87. The van der Waals surface area contributed by atoms with Gasteiger partial charge in [-0.25, -0.2) is 9.37 Å². The molecular weight excluding hydrogens is 439 g/mol. The summed E-state index contributed by atoms with van der Waals surface area (Å²) in [4.78, 5) is 31.8. The lowest BCUT2D eigenvalue weighted by molar-refractivity contribution is -0.152. The van der Waals surface area contributed by atoms with Crippen LogP contribution >= 0.6 is 11.3 Å². The Morgan fingerprint density at radius 2 is 1.91 bits per heavy atom. The average molecular weight is 467 g/mol. The van der Waals surface area contributed by atoms with Gasteiger partial charge in [0.1, 0.15) is 12.4 Å². The number of carbonyl (C=O) groups is 2. The topological polar surface area (TPSA) is 59.5 Å². The predicted molar refractivity (Wildman–Crippen MR) is 127 cm³/mol. The number of halogens is 1. The van der Waals surface area contributed by atoms with E-state index in [1.165, 1.54) is 30.4 Å². The third kappa shape index (κ3) is 4.69. The van der Waals surface area contributed by atoms with Crippen molar-refractivity contribution in [3.05, 3.63) is 76.5 Å². The first kappa shape index (κ1) is 23.1. The van der Waals surface area contributed by atoms with Crippen LogP contribution in [0.5, 0.6) is 0 Å². The van der Waals surface area contributed by atoms with Crippen LogP contribution in [0, 0.1) is 5.82 Å². The summed E-state index contributed by atoms with van der Waals surface area (Å²) in [6.45, 7) is 3.56. The predicted octanol–water partition coefficient (Wildman–Crippen LogP) is 6.08. The second-order valence-corrected chi connectivity index (χ2v) is 9.17. The van der Waals surface area contributed by atoms with Gasteiger partial charge in [0.2, 0.25) is 5.91 Å². The summed E-state index contributed by atoms with van der Waals surface area (Å²) in [5, 5.41) is 2.34. The van der Waals surface area contributed by atoms with Crippen LogP contribution in [0.2, 0.25) is 0 Å². The van der Waals surface area contributed by atoms with Crippen molar-refractivity contribution in [2.45, 2.75) is 58.0 Å². The number of thiazole rings is 1. The highest BCUT2D eigenvalue weighted by Crippen LogP contribution is 2.42. The smallest absolute Gasteiger partial charge is 0.316 e. The number of aromatic nitrogens is 1. The summed E-state index contributed by atoms with van der Waals surface area (Å²) in [6, 6.07) is 14.0. The Bertz CT molecular complexity index is 1150. The van der Waals surface area contributed by atoms with E-state index in [-0.39, 0.29) is 24.3 Å². The molecule has 1 fully saturated rings. The van der Waals surface area contributed by atoms with Crippen LogP contribution in [-0.4, -0.2) is 16.9 Å². The number of benzene rings is 2. The number of rotatable bonds is 7. The van der Waals surface area contributed by atoms with Gasteiger partial charge in [-0.2, -0.15) is 0 Å². The first-order chi connectivity index (χ1) is 15.9. The molecule has 0 aliphatic heterocycles. The molecule has 1 heterocycles. The van der Waals surface area contributed by atoms with Gasteiger partial charge in [0.25, 0.3) is 0 Å². The normalized spacial score (nSPS) is 14.8. The lowest BCUT2D eigenvalue weighted by atomic mass is 9.79. The van der Waals surface area contributed by atoms with Crippen LogP contribution in [0.25, 0.3) is 0 Å². The lowest BCUT2D eigenvalue weighted by Gasteiger charge is -2.27. The summed E-state index contributed by atoms with van der Waals surface area (Å²) in [5.74, 6) is -0.836. The Kier molecular flexibility index (Phi) is 6.88. The molecule has 0 radical (unpaired) electrons. The summed E-state index contributed by atoms with van der Waals surface area (Å²) in [7, 11) is 0. The number of amides is 1. The average Bonchev–Trinajstić information content (AvgIpc) is 3.49. The van der Waals surface area contributed by atoms with Gasteiger partial charge in [-0.15, -0.1) is 11.3 Å². The van der Waals surface area contributed by atoms with Crippen molar-refractivity contribution in [3.63, 3.8) is 0 Å². The van der Waals surface area contributed by atoms with Crippen LogP contribution in [0.1, 0.15) is 56.4 Å². The summed E-state index contributed by atoms with van der Waals surface area (Å²) in [5.41, 5.74) is 2.29. The SMILES string of the molecule is CCc1ccccc1N(C(C)=O)c1nc(COC(=O)C2(c3cccc(F)c3)CCCC2)cs1. The molecule has 0 spiro atoms. The number of nitrogens with zero attached hydrogens (tertiary/aromatic N) is 2. The number of para-hydroxylation sites is 1. The molecule has 4 rings (SSSR count). The second-order valence-electron chi connectivity index (χ2n) is 8.33. The van der Waals surface area contributed by atoms with Gasteiger partial charge in [0.05, 0.1) is 16.8 Å². The minimum absolute atomic E-state index is 0.00751. The minimum atomic E-state index is -0.813. The van der Waals surface area contributed by atoms with Crippen molar-refractivity contribution < 1.29 is 18.7 Å². The van der Waals surface area contributed by atoms with E-state index >= 15 is 0 Å². The van der Waals surface area contributed by atoms with E-state index in [0.29, 0.717) is 29.2 Å². The molecule has 0 N–H and O–H groups in total. The molecule has 0 atom stereocenters. The number of hydrogen-bond donors (Lipinski definition) is 0. The molecule has 33 heavy (non-hydrogen) atoms. The number of esters is 1. The zero-order valence-corrected chi connectivity index (χ0v) is 19.7. The van der Waals surface area contributed by atoms with Gasteiger partial charge in [-0.3, -0.25) is 14.5 Å². The van der Waals surface area contributed by atoms with E-state index in [1.807, 2.05) is 31.2 Å². The Balaban J connectivity index is 1.52. The van der Waals surface area contributed by atoms with Crippen molar-refractivity contribution in [1.82, 2.24) is 4.98 Å². The van der Waals surface area contributed by atoms with E-state index in [4.69, 9.17) is 4.74 Å². The van der Waals surface area contributed by atoms with E-state index in [9.17, 15) is 14.0 Å². The molecule has 0 unspecified atom stereocenters. The molecule has 1 aliphatic rings. The molecule has 2 aromatic carbocycles. The minimum Gasteiger partial charge on any atom is -0.458 e. The quantitative estimate of drug-likeness (QED) is 0.396. The molecule has 0 bridgehead atoms. The fraction of sp³-hybridized carbons (Fsp3) is 0.346. The van der Waals surface area contributed by atoms with E-state index in [0.717, 1.165) is 30.5 Å². The van der Waals surface area contributed by atoms with Crippen LogP contribution in [0.4, 0.5) is 15.2 Å². The molecule has 0 saturated heterocycles. The maximum atomic E-state index is 13.8. The molecule has 7 heteroatoms. The molecule has 1 aliphatic carbocycles. The number of anilines is 2. The third-order valence-electron chi connectivity index (χ3n) is 6.24. The molecular formula is C26H27FN2O3S. The largest absolute Gasteiger partial charge is 0.458 e. The van der Waals surface area contributed by atoms with E-state index in [1.54, 1.807) is 22.4 Å². The standard InChI is InChI=1S/C26H27FN2O3S/c1-3-19-9-4-5-12-23(19)29(18(2)30)25-28-22(17-33-25)16-32-24(31)26(13-6-7-14-26)20-10-8-11-21(27)15-20/h4-5,8-12,15,17H,3,6-7,13-14,16H2,1-2H3. The van der Waals surface area contributed by atoms with E-state index in [2.05, 4.69) is 4.98 Å². The summed E-state index contributed by atoms with van der Waals surface area (Å²) < 4.78 is 19.5. The molecule has 172 valence electrons. The number of hydrogen-bond acceptors (Lipinski definition) is 5. The van der Waals surface area contributed by atoms with Crippen LogP contribution in [0.15, 0.2) is 53.9 Å². The van der Waals surface area contributed by atoms with Gasteiger partial charge in [0.15, 0.2) is 5.13 Å². The summed E-state index contributed by atoms with van der Waals surface area (Å²) >= 11 is 1.33. The Labute approximate surface area is 197 Å². The van der Waals surface area contributed by atoms with Gasteiger partial charge in [0, 0.05) is 12.3 Å². The van der Waals surface area contributed by atoms with Crippen LogP contribution in [0.3, 0.4) is 0 Å².